The van der Waals surface area contributed by atoms with E-state index < -0.39 is 26.5 Å². The average Bonchev–Trinajstić information content (AvgIpc) is 3.16. The van der Waals surface area contributed by atoms with E-state index >= 15 is 0 Å². The second kappa shape index (κ2) is 5.34. The van der Waals surface area contributed by atoms with Crippen LogP contribution < -0.4 is 5.73 Å². The normalized spacial score (nSPS) is 26.5. The molecule has 0 bridgehead atoms. The van der Waals surface area contributed by atoms with Crippen LogP contribution in [0.15, 0.2) is 53.4 Å². The summed E-state index contributed by atoms with van der Waals surface area (Å²) < 4.78 is 25.7. The Kier molecular flexibility index (Phi) is 3.72. The Morgan fingerprint density at radius 1 is 1.13 bits per heavy atom. The van der Waals surface area contributed by atoms with Crippen LogP contribution in [0.3, 0.4) is 0 Å². The molecule has 0 spiro atoms. The minimum Gasteiger partial charge on any atom is -0.312 e. The first-order valence-corrected chi connectivity index (χ1v) is 8.99. The zero-order valence-electron chi connectivity index (χ0n) is 12.4. The van der Waals surface area contributed by atoms with E-state index in [2.05, 4.69) is 0 Å². The molecular weight excluding hydrogens is 332 g/mol. The van der Waals surface area contributed by atoms with E-state index in [0.29, 0.717) is 10.6 Å². The predicted molar refractivity (Wildman–Crippen MR) is 88.9 cm³/mol. The summed E-state index contributed by atoms with van der Waals surface area (Å²) >= 11 is 5.86. The molecule has 118 valence electrons. The Hall–Kier alpha value is -1.87. The Bertz CT molecular complexity index is 886. The molecule has 2 N–H and O–H groups in total. The van der Waals surface area contributed by atoms with Crippen LogP contribution in [0.4, 0.5) is 0 Å². The topological polar surface area (TPSA) is 83.9 Å². The number of nitrogens with zero attached hydrogens (tertiary/aromatic N) is 1. The van der Waals surface area contributed by atoms with Crippen molar-refractivity contribution in [1.82, 2.24) is 0 Å². The van der Waals surface area contributed by atoms with E-state index in [4.69, 9.17) is 17.3 Å². The molecule has 1 fully saturated rings. The van der Waals surface area contributed by atoms with E-state index in [1.165, 1.54) is 0 Å². The molecule has 0 amide bonds. The maximum Gasteiger partial charge on any atom is 0.184 e. The molecule has 3 atom stereocenters. The number of rotatable bonds is 3. The number of hydrogen-bond acceptors (Lipinski definition) is 4. The van der Waals surface area contributed by atoms with Gasteiger partial charge in [-0.05, 0) is 36.8 Å². The number of nitriles is 1. The zero-order valence-corrected chi connectivity index (χ0v) is 14.0. The predicted octanol–water partition coefficient (Wildman–Crippen LogP) is 2.81. The Labute approximate surface area is 140 Å². The molecule has 1 saturated carbocycles. The number of halogens is 1. The van der Waals surface area contributed by atoms with Crippen LogP contribution >= 0.6 is 11.6 Å². The van der Waals surface area contributed by atoms with Crippen molar-refractivity contribution < 1.29 is 8.42 Å². The van der Waals surface area contributed by atoms with Gasteiger partial charge >= 0.3 is 0 Å². The molecule has 0 radical (unpaired) electrons. The van der Waals surface area contributed by atoms with Gasteiger partial charge in [0, 0.05) is 10.9 Å². The number of hydrogen-bond donors (Lipinski definition) is 1. The van der Waals surface area contributed by atoms with Gasteiger partial charge in [0.05, 0.1) is 11.0 Å². The minimum atomic E-state index is -3.69. The van der Waals surface area contributed by atoms with Crippen molar-refractivity contribution >= 4 is 21.4 Å². The van der Waals surface area contributed by atoms with Crippen LogP contribution in [0, 0.1) is 18.3 Å². The van der Waals surface area contributed by atoms with Crippen molar-refractivity contribution in [3.05, 3.63) is 64.7 Å². The third-order valence-corrected chi connectivity index (χ3v) is 6.80. The van der Waals surface area contributed by atoms with Crippen molar-refractivity contribution in [2.24, 2.45) is 5.73 Å². The fourth-order valence-electron chi connectivity index (χ4n) is 2.94. The first-order chi connectivity index (χ1) is 10.8. The van der Waals surface area contributed by atoms with Gasteiger partial charge in [-0.2, -0.15) is 5.26 Å². The largest absolute Gasteiger partial charge is 0.312 e. The highest BCUT2D eigenvalue weighted by atomic mass is 35.5. The smallest absolute Gasteiger partial charge is 0.184 e. The second-order valence-corrected chi connectivity index (χ2v) is 8.36. The lowest BCUT2D eigenvalue weighted by molar-refractivity contribution is 0.592. The molecule has 2 aromatic carbocycles. The van der Waals surface area contributed by atoms with Crippen molar-refractivity contribution in [1.29, 1.82) is 5.26 Å². The van der Waals surface area contributed by atoms with Crippen LogP contribution in [0.25, 0.3) is 0 Å². The summed E-state index contributed by atoms with van der Waals surface area (Å²) in [5, 5.41) is 9.00. The van der Waals surface area contributed by atoms with Crippen LogP contribution in [-0.2, 0) is 9.84 Å². The highest BCUT2D eigenvalue weighted by molar-refractivity contribution is 7.92. The third kappa shape index (κ3) is 2.53. The third-order valence-electron chi connectivity index (χ3n) is 4.29. The van der Waals surface area contributed by atoms with Gasteiger partial charge in [-0.15, -0.1) is 0 Å². The highest BCUT2D eigenvalue weighted by Crippen LogP contribution is 2.55. The SMILES string of the molecule is Cc1ccc(S(=O)(=O)[C@H]2[C@@H](c3ccc(Cl)cc3)[C@@]2(N)C#N)cc1. The van der Waals surface area contributed by atoms with Gasteiger partial charge in [0.15, 0.2) is 9.84 Å². The maximum atomic E-state index is 12.9. The Balaban J connectivity index is 2.03. The molecule has 3 rings (SSSR count). The van der Waals surface area contributed by atoms with Crippen molar-refractivity contribution in [3.63, 3.8) is 0 Å². The Morgan fingerprint density at radius 3 is 2.22 bits per heavy atom. The van der Waals surface area contributed by atoms with Gasteiger partial charge in [-0.25, -0.2) is 8.42 Å². The van der Waals surface area contributed by atoms with Gasteiger partial charge in [-0.1, -0.05) is 41.4 Å². The summed E-state index contributed by atoms with van der Waals surface area (Å²) in [6.07, 6.45) is 0. The maximum absolute atomic E-state index is 12.9. The van der Waals surface area contributed by atoms with Gasteiger partial charge < -0.3 is 5.73 Å². The van der Waals surface area contributed by atoms with Crippen molar-refractivity contribution in [2.75, 3.05) is 0 Å². The standard InChI is InChI=1S/C17H15ClN2O2S/c1-11-2-8-14(9-3-11)23(21,22)16-15(17(16,20)10-19)12-4-6-13(18)7-5-12/h2-9,15-16H,20H2,1H3/t15-,16+,17+/m1/s1. The molecule has 23 heavy (non-hydrogen) atoms. The molecule has 2 aromatic rings. The van der Waals surface area contributed by atoms with Gasteiger partial charge in [0.1, 0.15) is 10.8 Å². The molecule has 0 saturated heterocycles. The van der Waals surface area contributed by atoms with Gasteiger partial charge in [0.25, 0.3) is 0 Å². The molecule has 1 aliphatic rings. The zero-order chi connectivity index (χ0) is 16.8. The van der Waals surface area contributed by atoms with Gasteiger partial charge in [0.2, 0.25) is 0 Å². The van der Waals surface area contributed by atoms with E-state index in [-0.39, 0.29) is 4.90 Å². The first kappa shape index (κ1) is 16.0. The molecule has 6 heteroatoms. The van der Waals surface area contributed by atoms with Crippen LogP contribution in [0.1, 0.15) is 17.0 Å². The van der Waals surface area contributed by atoms with Crippen molar-refractivity contribution in [3.8, 4) is 6.07 Å². The minimum absolute atomic E-state index is 0.189. The van der Waals surface area contributed by atoms with Gasteiger partial charge in [-0.3, -0.25) is 0 Å². The number of nitrogens with two attached hydrogens (primary N) is 1. The highest BCUT2D eigenvalue weighted by Gasteiger charge is 2.70. The summed E-state index contributed by atoms with van der Waals surface area (Å²) in [6, 6.07) is 15.3. The number of sulfone groups is 1. The summed E-state index contributed by atoms with van der Waals surface area (Å²) in [5.41, 5.74) is 6.34. The van der Waals surface area contributed by atoms with E-state index in [1.54, 1.807) is 48.5 Å². The van der Waals surface area contributed by atoms with Crippen LogP contribution in [-0.4, -0.2) is 19.2 Å². The van der Waals surface area contributed by atoms with E-state index in [9.17, 15) is 13.7 Å². The molecule has 1 aliphatic carbocycles. The second-order valence-electron chi connectivity index (χ2n) is 5.85. The molecule has 0 heterocycles. The fraction of sp³-hybridized carbons (Fsp3) is 0.235. The molecule has 4 nitrogen and oxygen atoms in total. The Morgan fingerprint density at radius 2 is 1.70 bits per heavy atom. The monoisotopic (exact) mass is 346 g/mol. The van der Waals surface area contributed by atoms with Crippen LogP contribution in [0.2, 0.25) is 5.02 Å². The molecule has 0 aliphatic heterocycles. The summed E-state index contributed by atoms with van der Waals surface area (Å²) in [5.74, 6) is -0.559. The summed E-state index contributed by atoms with van der Waals surface area (Å²) in [6.45, 7) is 1.88. The summed E-state index contributed by atoms with van der Waals surface area (Å²) in [7, 11) is -3.69. The molecule has 0 aromatic heterocycles. The lowest BCUT2D eigenvalue weighted by atomic mass is 10.1. The fourth-order valence-corrected chi connectivity index (χ4v) is 5.25. The quantitative estimate of drug-likeness (QED) is 0.926. The van der Waals surface area contributed by atoms with Crippen molar-refractivity contribution in [2.45, 2.75) is 28.5 Å². The van der Waals surface area contributed by atoms with E-state index in [1.807, 2.05) is 13.0 Å². The molecular formula is C17H15ClN2O2S. The number of aryl methyl sites for hydroxylation is 1. The lowest BCUT2D eigenvalue weighted by Gasteiger charge is -2.05. The first-order valence-electron chi connectivity index (χ1n) is 7.07. The van der Waals surface area contributed by atoms with Crippen LogP contribution in [0.5, 0.6) is 0 Å². The lowest BCUT2D eigenvalue weighted by Crippen LogP contribution is -2.29. The average molecular weight is 347 g/mol. The molecule has 0 unspecified atom stereocenters. The summed E-state index contributed by atoms with van der Waals surface area (Å²) in [4.78, 5) is 0.189. The van der Waals surface area contributed by atoms with E-state index in [0.717, 1.165) is 5.56 Å². The number of benzene rings is 2.